The van der Waals surface area contributed by atoms with Crippen molar-refractivity contribution >= 4 is 10.8 Å². The Morgan fingerprint density at radius 1 is 1.00 bits per heavy atom. The topological polar surface area (TPSA) is 20.2 Å². The molecule has 1 N–H and O–H groups in total. The number of fused-ring (bicyclic) bond motifs is 1. The molecule has 0 aliphatic carbocycles. The highest BCUT2D eigenvalue weighted by atomic mass is 16.3. The summed E-state index contributed by atoms with van der Waals surface area (Å²) in [5.41, 5.74) is 0.915. The lowest BCUT2D eigenvalue weighted by Gasteiger charge is -2.07. The van der Waals surface area contributed by atoms with Gasteiger partial charge in [0.15, 0.2) is 0 Å². The zero-order valence-corrected chi connectivity index (χ0v) is 7.49. The highest BCUT2D eigenvalue weighted by molar-refractivity contribution is 5.87. The van der Waals surface area contributed by atoms with Gasteiger partial charge in [0, 0.05) is 0 Å². The van der Waals surface area contributed by atoms with Crippen molar-refractivity contribution in [1.29, 1.82) is 0 Å². The molecule has 0 unspecified atom stereocenters. The molecule has 0 amide bonds. The Hall–Kier alpha value is -1.34. The van der Waals surface area contributed by atoms with Gasteiger partial charge < -0.3 is 5.11 Å². The van der Waals surface area contributed by atoms with E-state index in [-0.39, 0.29) is 0 Å². The zero-order chi connectivity index (χ0) is 9.26. The number of hydrogen-bond donors (Lipinski definition) is 1. The summed E-state index contributed by atoms with van der Waals surface area (Å²) in [6, 6.07) is 14.0. The van der Waals surface area contributed by atoms with Crippen LogP contribution in [0.1, 0.15) is 12.5 Å². The molecule has 0 aromatic heterocycles. The van der Waals surface area contributed by atoms with Crippen LogP contribution in [0.2, 0.25) is 0 Å². The van der Waals surface area contributed by atoms with Gasteiger partial charge in [0.2, 0.25) is 0 Å². The molecule has 1 heteroatoms. The fourth-order valence-corrected chi connectivity index (χ4v) is 1.54. The van der Waals surface area contributed by atoms with E-state index in [1.54, 1.807) is 6.92 Å². The zero-order valence-electron chi connectivity index (χ0n) is 7.49. The Morgan fingerprint density at radius 2 is 1.69 bits per heavy atom. The van der Waals surface area contributed by atoms with Crippen molar-refractivity contribution < 1.29 is 5.11 Å². The summed E-state index contributed by atoms with van der Waals surface area (Å²) < 4.78 is 0. The molecule has 1 radical (unpaired) electrons. The summed E-state index contributed by atoms with van der Waals surface area (Å²) >= 11 is 0. The fraction of sp³-hybridized carbons (Fsp3) is 0.0833. The second kappa shape index (κ2) is 3.19. The van der Waals surface area contributed by atoms with Gasteiger partial charge in [-0.05, 0) is 23.3 Å². The van der Waals surface area contributed by atoms with Crippen molar-refractivity contribution in [2.45, 2.75) is 6.92 Å². The standard InChI is InChI=1S/C12H11O/c1-9(13)11-8-4-6-10-5-2-3-7-12(10)11/h2-8,13H,1H3. The third-order valence-electron chi connectivity index (χ3n) is 2.18. The number of rotatable bonds is 1. The Morgan fingerprint density at radius 3 is 2.46 bits per heavy atom. The summed E-state index contributed by atoms with van der Waals surface area (Å²) in [6.45, 7) is 1.71. The summed E-state index contributed by atoms with van der Waals surface area (Å²) in [5, 5.41) is 11.7. The van der Waals surface area contributed by atoms with E-state index in [1.165, 1.54) is 0 Å². The molecule has 13 heavy (non-hydrogen) atoms. The Bertz CT molecular complexity index is 413. The Labute approximate surface area is 77.6 Å². The minimum absolute atomic E-state index is 0.372. The monoisotopic (exact) mass is 171 g/mol. The lowest BCUT2D eigenvalue weighted by Crippen LogP contribution is -1.92. The molecule has 2 aromatic carbocycles. The predicted molar refractivity (Wildman–Crippen MR) is 53.9 cm³/mol. The van der Waals surface area contributed by atoms with Crippen LogP contribution in [0.25, 0.3) is 10.8 Å². The van der Waals surface area contributed by atoms with Gasteiger partial charge in [0.05, 0.1) is 0 Å². The Kier molecular flexibility index (Phi) is 2.03. The highest BCUT2D eigenvalue weighted by Gasteiger charge is 2.05. The normalized spacial score (nSPS) is 11.0. The first-order valence-electron chi connectivity index (χ1n) is 4.29. The molecule has 0 spiro atoms. The lowest BCUT2D eigenvalue weighted by molar-refractivity contribution is 0.342. The molecule has 0 atom stereocenters. The van der Waals surface area contributed by atoms with Crippen LogP contribution in [-0.2, 0) is 0 Å². The number of hydrogen-bond acceptors (Lipinski definition) is 1. The number of aliphatic hydroxyl groups is 1. The Balaban J connectivity index is 2.76. The van der Waals surface area contributed by atoms with E-state index in [9.17, 15) is 5.11 Å². The van der Waals surface area contributed by atoms with Crippen LogP contribution >= 0.6 is 0 Å². The van der Waals surface area contributed by atoms with Crippen molar-refractivity contribution in [3.8, 4) is 0 Å². The second-order valence-electron chi connectivity index (χ2n) is 3.11. The molecule has 0 aliphatic heterocycles. The predicted octanol–water partition coefficient (Wildman–Crippen LogP) is 3.11. The van der Waals surface area contributed by atoms with Gasteiger partial charge in [-0.3, -0.25) is 0 Å². The van der Waals surface area contributed by atoms with Crippen LogP contribution in [0.15, 0.2) is 42.5 Å². The van der Waals surface area contributed by atoms with E-state index in [1.807, 2.05) is 42.5 Å². The third-order valence-corrected chi connectivity index (χ3v) is 2.18. The maximum atomic E-state index is 9.44. The van der Waals surface area contributed by atoms with E-state index in [0.717, 1.165) is 16.3 Å². The lowest BCUT2D eigenvalue weighted by atomic mass is 10.0. The van der Waals surface area contributed by atoms with Crippen molar-refractivity contribution in [2.75, 3.05) is 0 Å². The van der Waals surface area contributed by atoms with Crippen LogP contribution in [-0.4, -0.2) is 5.11 Å². The van der Waals surface area contributed by atoms with Crippen LogP contribution in [0.3, 0.4) is 0 Å². The van der Waals surface area contributed by atoms with E-state index in [2.05, 4.69) is 0 Å². The van der Waals surface area contributed by atoms with Gasteiger partial charge in [-0.15, -0.1) is 0 Å². The molecule has 2 rings (SSSR count). The first-order chi connectivity index (χ1) is 6.29. The molecular formula is C12H11O. The molecule has 1 nitrogen and oxygen atoms in total. The average molecular weight is 171 g/mol. The number of aliphatic hydroxyl groups excluding tert-OH is 1. The van der Waals surface area contributed by atoms with E-state index in [4.69, 9.17) is 0 Å². The minimum atomic E-state index is 0.372. The van der Waals surface area contributed by atoms with Gasteiger partial charge >= 0.3 is 0 Å². The molecule has 2 aromatic rings. The van der Waals surface area contributed by atoms with Gasteiger partial charge in [-0.25, -0.2) is 0 Å². The van der Waals surface area contributed by atoms with Crippen LogP contribution in [0.4, 0.5) is 0 Å². The molecule has 0 heterocycles. The van der Waals surface area contributed by atoms with E-state index >= 15 is 0 Å². The van der Waals surface area contributed by atoms with Crippen LogP contribution in [0.5, 0.6) is 0 Å². The SMILES string of the molecule is C[C](O)c1cccc2ccccc12. The van der Waals surface area contributed by atoms with Crippen molar-refractivity contribution in [1.82, 2.24) is 0 Å². The molecular weight excluding hydrogens is 160 g/mol. The summed E-state index contributed by atoms with van der Waals surface area (Å²) in [5.74, 6) is 0. The summed E-state index contributed by atoms with van der Waals surface area (Å²) in [4.78, 5) is 0. The molecule has 0 aliphatic rings. The largest absolute Gasteiger partial charge is 0.382 e. The molecule has 0 bridgehead atoms. The minimum Gasteiger partial charge on any atom is -0.382 e. The maximum absolute atomic E-state index is 9.44. The van der Waals surface area contributed by atoms with Gasteiger partial charge in [0.1, 0.15) is 6.10 Å². The highest BCUT2D eigenvalue weighted by Crippen LogP contribution is 2.22. The number of benzene rings is 2. The fourth-order valence-electron chi connectivity index (χ4n) is 1.54. The maximum Gasteiger partial charge on any atom is 0.120 e. The second-order valence-corrected chi connectivity index (χ2v) is 3.11. The summed E-state index contributed by atoms with van der Waals surface area (Å²) in [6.07, 6.45) is 0.372. The van der Waals surface area contributed by atoms with Gasteiger partial charge in [0.25, 0.3) is 0 Å². The smallest absolute Gasteiger partial charge is 0.120 e. The van der Waals surface area contributed by atoms with Crippen molar-refractivity contribution in [3.63, 3.8) is 0 Å². The van der Waals surface area contributed by atoms with Crippen molar-refractivity contribution in [2.24, 2.45) is 0 Å². The van der Waals surface area contributed by atoms with E-state index in [0.29, 0.717) is 6.10 Å². The molecule has 0 fully saturated rings. The molecule has 0 saturated heterocycles. The average Bonchev–Trinajstić information content (AvgIpc) is 2.17. The van der Waals surface area contributed by atoms with Crippen molar-refractivity contribution in [3.05, 3.63) is 54.1 Å². The third kappa shape index (κ3) is 1.43. The first-order valence-corrected chi connectivity index (χ1v) is 4.29. The summed E-state index contributed by atoms with van der Waals surface area (Å²) in [7, 11) is 0. The van der Waals surface area contributed by atoms with Crippen LogP contribution in [0, 0.1) is 6.10 Å². The first kappa shape index (κ1) is 8.27. The molecule has 65 valence electrons. The van der Waals surface area contributed by atoms with Gasteiger partial charge in [-0.1, -0.05) is 42.5 Å². The van der Waals surface area contributed by atoms with E-state index < -0.39 is 0 Å². The van der Waals surface area contributed by atoms with Crippen LogP contribution < -0.4 is 0 Å². The quantitative estimate of drug-likeness (QED) is 0.699. The molecule has 0 saturated carbocycles. The van der Waals surface area contributed by atoms with Gasteiger partial charge in [-0.2, -0.15) is 0 Å².